The number of anilines is 1. The monoisotopic (exact) mass is 402 g/mol. The Morgan fingerprint density at radius 1 is 1.32 bits per heavy atom. The fraction of sp³-hybridized carbons (Fsp3) is 0.263. The second kappa shape index (κ2) is 6.32. The normalized spacial score (nSPS) is 18.6. The molecule has 0 spiro atoms. The summed E-state index contributed by atoms with van der Waals surface area (Å²) in [5.74, 6) is -1.27. The molecule has 4 rings (SSSR count). The van der Waals surface area contributed by atoms with Crippen LogP contribution in [0.4, 0.5) is 5.69 Å². The third-order valence-electron chi connectivity index (χ3n) is 5.14. The number of benzene rings is 1. The van der Waals surface area contributed by atoms with Crippen LogP contribution in [0, 0.1) is 13.8 Å². The van der Waals surface area contributed by atoms with Gasteiger partial charge < -0.3 is 15.4 Å². The van der Waals surface area contributed by atoms with Gasteiger partial charge in [-0.2, -0.15) is 8.42 Å². The molecule has 146 valence electrons. The third kappa shape index (κ3) is 2.83. The summed E-state index contributed by atoms with van der Waals surface area (Å²) in [4.78, 5) is 26.9. The number of carboxylic acids is 1. The zero-order chi connectivity index (χ0) is 20.2. The van der Waals surface area contributed by atoms with Crippen molar-refractivity contribution >= 4 is 39.3 Å². The number of fused-ring (bicyclic) bond motifs is 3. The van der Waals surface area contributed by atoms with Crippen molar-refractivity contribution in [1.82, 2.24) is 4.98 Å². The standard InChI is InChI=1S/C19H18N2O6S/c1-9-12(8-17(22)23)10(2)20-15(9)7-13-18-11-5-6-27-28(25,26)16(11)4-3-14(18)21-19(13)24/h3-4,7,20H,5-6,8H2,1-2H3,(H,21,24)(H,22,23)/b13-7-. The van der Waals surface area contributed by atoms with Gasteiger partial charge >= 0.3 is 5.97 Å². The number of carbonyl (C=O) groups is 2. The summed E-state index contributed by atoms with van der Waals surface area (Å²) < 4.78 is 29.3. The summed E-state index contributed by atoms with van der Waals surface area (Å²) in [5.41, 5.74) is 4.77. The number of amides is 1. The van der Waals surface area contributed by atoms with E-state index in [9.17, 15) is 18.0 Å². The molecule has 3 heterocycles. The van der Waals surface area contributed by atoms with Crippen LogP contribution in [0.15, 0.2) is 17.0 Å². The van der Waals surface area contributed by atoms with Crippen LogP contribution in [0.1, 0.15) is 33.6 Å². The van der Waals surface area contributed by atoms with Gasteiger partial charge in [-0.15, -0.1) is 0 Å². The van der Waals surface area contributed by atoms with Gasteiger partial charge in [0.1, 0.15) is 0 Å². The Balaban J connectivity index is 1.89. The minimum atomic E-state index is -3.84. The number of rotatable bonds is 3. The van der Waals surface area contributed by atoms with Crippen LogP contribution in [0.25, 0.3) is 11.6 Å². The number of aromatic nitrogens is 1. The van der Waals surface area contributed by atoms with Crippen molar-refractivity contribution in [3.8, 4) is 0 Å². The van der Waals surface area contributed by atoms with Gasteiger partial charge in [0.05, 0.1) is 23.5 Å². The molecular formula is C19H18N2O6S. The molecule has 0 unspecified atom stereocenters. The number of carbonyl (C=O) groups excluding carboxylic acids is 1. The smallest absolute Gasteiger partial charge is 0.307 e. The molecule has 2 aliphatic rings. The Morgan fingerprint density at radius 2 is 2.07 bits per heavy atom. The van der Waals surface area contributed by atoms with E-state index in [1.54, 1.807) is 26.0 Å². The third-order valence-corrected chi connectivity index (χ3v) is 6.54. The van der Waals surface area contributed by atoms with Crippen LogP contribution >= 0.6 is 0 Å². The first-order valence-corrected chi connectivity index (χ1v) is 10.1. The minimum Gasteiger partial charge on any atom is -0.481 e. The Hall–Kier alpha value is -2.91. The Labute approximate surface area is 161 Å². The van der Waals surface area contributed by atoms with Crippen molar-refractivity contribution in [2.75, 3.05) is 11.9 Å². The maximum Gasteiger partial charge on any atom is 0.307 e. The van der Waals surface area contributed by atoms with Crippen molar-refractivity contribution in [3.63, 3.8) is 0 Å². The van der Waals surface area contributed by atoms with Crippen molar-refractivity contribution in [3.05, 3.63) is 45.8 Å². The quantitative estimate of drug-likeness (QED) is 0.533. The molecule has 3 N–H and O–H groups in total. The van der Waals surface area contributed by atoms with Crippen molar-refractivity contribution < 1.29 is 27.3 Å². The number of hydrogen-bond acceptors (Lipinski definition) is 5. The van der Waals surface area contributed by atoms with Gasteiger partial charge in [0.2, 0.25) is 0 Å². The molecule has 0 fully saturated rings. The Kier molecular flexibility index (Phi) is 4.16. The summed E-state index contributed by atoms with van der Waals surface area (Å²) in [6, 6.07) is 3.00. The molecule has 1 amide bonds. The molecule has 1 aromatic heterocycles. The molecule has 2 aromatic rings. The number of aryl methyl sites for hydroxylation is 1. The van der Waals surface area contributed by atoms with Gasteiger partial charge in [-0.05, 0) is 55.2 Å². The summed E-state index contributed by atoms with van der Waals surface area (Å²) in [5, 5.41) is 11.9. The van der Waals surface area contributed by atoms with E-state index < -0.39 is 16.1 Å². The summed E-state index contributed by atoms with van der Waals surface area (Å²) >= 11 is 0. The Bertz CT molecular complexity index is 1170. The lowest BCUT2D eigenvalue weighted by Crippen LogP contribution is -2.19. The first-order valence-electron chi connectivity index (χ1n) is 8.67. The maximum absolute atomic E-state index is 12.6. The number of aliphatic carboxylic acids is 1. The molecule has 28 heavy (non-hydrogen) atoms. The fourth-order valence-electron chi connectivity index (χ4n) is 3.80. The summed E-state index contributed by atoms with van der Waals surface area (Å²) in [6.07, 6.45) is 1.90. The van der Waals surface area contributed by atoms with Crippen LogP contribution in [-0.2, 0) is 36.7 Å². The molecule has 8 nitrogen and oxygen atoms in total. The average Bonchev–Trinajstić information content (AvgIpc) is 3.06. The van der Waals surface area contributed by atoms with Crippen LogP contribution < -0.4 is 5.32 Å². The van der Waals surface area contributed by atoms with Crippen LogP contribution in [0.2, 0.25) is 0 Å². The van der Waals surface area contributed by atoms with Crippen LogP contribution in [0.5, 0.6) is 0 Å². The minimum absolute atomic E-state index is 0.0245. The number of H-pyrrole nitrogens is 1. The Morgan fingerprint density at radius 3 is 2.79 bits per heavy atom. The highest BCUT2D eigenvalue weighted by Crippen LogP contribution is 2.41. The van der Waals surface area contributed by atoms with E-state index in [1.807, 2.05) is 0 Å². The van der Waals surface area contributed by atoms with E-state index in [1.165, 1.54) is 6.07 Å². The number of hydrogen-bond donors (Lipinski definition) is 3. The molecule has 2 aliphatic heterocycles. The van der Waals surface area contributed by atoms with E-state index in [2.05, 4.69) is 10.3 Å². The zero-order valence-corrected chi connectivity index (χ0v) is 16.1. The summed E-state index contributed by atoms with van der Waals surface area (Å²) in [6.45, 7) is 3.60. The lowest BCUT2D eigenvalue weighted by Gasteiger charge is -2.19. The lowest BCUT2D eigenvalue weighted by atomic mass is 9.96. The first-order chi connectivity index (χ1) is 13.2. The van der Waals surface area contributed by atoms with E-state index in [0.717, 1.165) is 11.3 Å². The molecule has 1 aromatic carbocycles. The van der Waals surface area contributed by atoms with Gasteiger partial charge in [-0.25, -0.2) is 0 Å². The lowest BCUT2D eigenvalue weighted by molar-refractivity contribution is -0.136. The largest absolute Gasteiger partial charge is 0.481 e. The average molecular weight is 402 g/mol. The van der Waals surface area contributed by atoms with Crippen LogP contribution in [-0.4, -0.2) is 37.0 Å². The second-order valence-electron chi connectivity index (χ2n) is 6.84. The second-order valence-corrected chi connectivity index (χ2v) is 8.42. The highest BCUT2D eigenvalue weighted by atomic mass is 32.2. The molecule has 0 aliphatic carbocycles. The first kappa shape index (κ1) is 18.5. The van der Waals surface area contributed by atoms with E-state index in [-0.39, 0.29) is 23.8 Å². The van der Waals surface area contributed by atoms with Gasteiger partial charge in [0.25, 0.3) is 16.0 Å². The van der Waals surface area contributed by atoms with Crippen molar-refractivity contribution in [1.29, 1.82) is 0 Å². The number of aromatic amines is 1. The number of nitrogens with one attached hydrogen (secondary N) is 2. The van der Waals surface area contributed by atoms with Crippen LogP contribution in [0.3, 0.4) is 0 Å². The van der Waals surface area contributed by atoms with Gasteiger partial charge in [0, 0.05) is 22.6 Å². The van der Waals surface area contributed by atoms with Gasteiger partial charge in [-0.3, -0.25) is 13.8 Å². The zero-order valence-electron chi connectivity index (χ0n) is 15.3. The highest BCUT2D eigenvalue weighted by Gasteiger charge is 2.34. The molecule has 0 saturated heterocycles. The fourth-order valence-corrected chi connectivity index (χ4v) is 4.97. The predicted octanol–water partition coefficient (Wildman–Crippen LogP) is 2.01. The van der Waals surface area contributed by atoms with E-state index in [0.29, 0.717) is 40.1 Å². The van der Waals surface area contributed by atoms with Gasteiger partial charge in [0.15, 0.2) is 0 Å². The SMILES string of the molecule is Cc1[nH]c(/C=C2\C(=O)Nc3ccc4c(c32)CCOS4(=O)=O)c(C)c1CC(=O)O. The molecule has 0 radical (unpaired) electrons. The van der Waals surface area contributed by atoms with Crippen molar-refractivity contribution in [2.24, 2.45) is 0 Å². The molecule has 9 heteroatoms. The molecular weight excluding hydrogens is 384 g/mol. The van der Waals surface area contributed by atoms with Crippen molar-refractivity contribution in [2.45, 2.75) is 31.6 Å². The summed E-state index contributed by atoms with van der Waals surface area (Å²) in [7, 11) is -3.84. The number of carboxylic acid groups (broad SMARTS) is 1. The molecule has 0 saturated carbocycles. The van der Waals surface area contributed by atoms with E-state index in [4.69, 9.17) is 9.29 Å². The van der Waals surface area contributed by atoms with Gasteiger partial charge in [-0.1, -0.05) is 0 Å². The topological polar surface area (TPSA) is 126 Å². The molecule has 0 atom stereocenters. The molecule has 0 bridgehead atoms. The maximum atomic E-state index is 12.6. The van der Waals surface area contributed by atoms with E-state index >= 15 is 0 Å². The predicted molar refractivity (Wildman–Crippen MR) is 101 cm³/mol. The highest BCUT2D eigenvalue weighted by molar-refractivity contribution is 7.86.